The van der Waals surface area contributed by atoms with E-state index in [2.05, 4.69) is 53.1 Å². The van der Waals surface area contributed by atoms with Crippen LogP contribution in [0.15, 0.2) is 109 Å². The van der Waals surface area contributed by atoms with Gasteiger partial charge in [-0.25, -0.2) is 15.0 Å². The highest BCUT2D eigenvalue weighted by Crippen LogP contribution is 2.09. The predicted molar refractivity (Wildman–Crippen MR) is 107 cm³/mol. The molecule has 2 N–H and O–H groups in total. The standard InChI is InChI=1S/C8H7N.C5H5NO.C4H4N2.C3H3N3/c1-2-4-8-7(3-1)5-6-9-8;7-5-3-1-2-4-6-5;1-2-6-4-3-5-1;1-4-2-6-3-5-1/h1-6,9H;1-4H,(H,6,7);1-4H;1-3H. The summed E-state index contributed by atoms with van der Waals surface area (Å²) in [5.74, 6) is 0. The number of aromatic nitrogens is 7. The summed E-state index contributed by atoms with van der Waals surface area (Å²) in [6, 6.07) is 15.2. The fourth-order valence-corrected chi connectivity index (χ4v) is 1.83. The van der Waals surface area contributed by atoms with Gasteiger partial charge in [0.1, 0.15) is 19.0 Å². The van der Waals surface area contributed by atoms with Gasteiger partial charge in [0.25, 0.3) is 0 Å². The first-order chi connectivity index (χ1) is 13.9. The van der Waals surface area contributed by atoms with Crippen molar-refractivity contribution in [3.8, 4) is 0 Å². The summed E-state index contributed by atoms with van der Waals surface area (Å²) in [6.45, 7) is 0. The molecule has 1 aromatic carbocycles. The first-order valence-corrected chi connectivity index (χ1v) is 8.27. The fourth-order valence-electron chi connectivity index (χ4n) is 1.83. The number of benzene rings is 1. The van der Waals surface area contributed by atoms with E-state index in [1.165, 1.54) is 36.0 Å². The van der Waals surface area contributed by atoms with Crippen LogP contribution in [0.1, 0.15) is 0 Å². The number of rotatable bonds is 0. The van der Waals surface area contributed by atoms with E-state index in [9.17, 15) is 4.79 Å². The molecule has 0 aliphatic rings. The molecule has 4 aromatic heterocycles. The Morgan fingerprint density at radius 3 is 1.61 bits per heavy atom. The molecule has 0 saturated carbocycles. The van der Waals surface area contributed by atoms with Crippen LogP contribution in [0, 0.1) is 0 Å². The summed E-state index contributed by atoms with van der Waals surface area (Å²) >= 11 is 0. The zero-order chi connectivity index (χ0) is 19.7. The lowest BCUT2D eigenvalue weighted by molar-refractivity contribution is 1.05. The quantitative estimate of drug-likeness (QED) is 0.431. The summed E-state index contributed by atoms with van der Waals surface area (Å²) in [6.07, 6.45) is 14.4. The third-order valence-electron chi connectivity index (χ3n) is 3.02. The number of para-hydroxylation sites is 1. The third-order valence-corrected chi connectivity index (χ3v) is 3.02. The lowest BCUT2D eigenvalue weighted by atomic mass is 10.3. The number of fused-ring (bicyclic) bond motifs is 1. The minimum absolute atomic E-state index is 0.0532. The minimum Gasteiger partial charge on any atom is -0.361 e. The van der Waals surface area contributed by atoms with E-state index < -0.39 is 0 Å². The molecular formula is C20H19N7O. The average molecular weight is 373 g/mol. The van der Waals surface area contributed by atoms with Gasteiger partial charge < -0.3 is 9.97 Å². The Labute approximate surface area is 161 Å². The van der Waals surface area contributed by atoms with Crippen LogP contribution >= 0.6 is 0 Å². The van der Waals surface area contributed by atoms with Crippen molar-refractivity contribution in [2.45, 2.75) is 0 Å². The van der Waals surface area contributed by atoms with Crippen molar-refractivity contribution in [1.29, 1.82) is 0 Å². The van der Waals surface area contributed by atoms with Gasteiger partial charge in [-0.05, 0) is 23.6 Å². The maximum atomic E-state index is 10.2. The predicted octanol–water partition coefficient (Wildman–Crippen LogP) is 2.89. The van der Waals surface area contributed by atoms with E-state index in [4.69, 9.17) is 0 Å². The van der Waals surface area contributed by atoms with Crippen molar-refractivity contribution in [1.82, 2.24) is 34.9 Å². The van der Waals surface area contributed by atoms with Crippen molar-refractivity contribution < 1.29 is 0 Å². The van der Waals surface area contributed by atoms with E-state index in [-0.39, 0.29) is 5.56 Å². The number of H-pyrrole nitrogens is 2. The number of hydrogen-bond acceptors (Lipinski definition) is 6. The van der Waals surface area contributed by atoms with Crippen molar-refractivity contribution in [2.75, 3.05) is 0 Å². The maximum Gasteiger partial charge on any atom is 0.247 e. The smallest absolute Gasteiger partial charge is 0.247 e. The zero-order valence-corrected chi connectivity index (χ0v) is 15.0. The van der Waals surface area contributed by atoms with Crippen LogP contribution < -0.4 is 5.56 Å². The molecule has 4 heterocycles. The Balaban J connectivity index is 0.000000136. The summed E-state index contributed by atoms with van der Waals surface area (Å²) in [5.41, 5.74) is 1.15. The molecule has 8 heteroatoms. The number of pyridine rings is 1. The Bertz CT molecular complexity index is 917. The first kappa shape index (κ1) is 20.1. The Kier molecular flexibility index (Phi) is 9.39. The molecule has 0 fully saturated rings. The lowest BCUT2D eigenvalue weighted by Gasteiger charge is -1.83. The van der Waals surface area contributed by atoms with Gasteiger partial charge in [-0.1, -0.05) is 24.3 Å². The van der Waals surface area contributed by atoms with Crippen molar-refractivity contribution in [2.24, 2.45) is 0 Å². The van der Waals surface area contributed by atoms with Crippen LogP contribution in [0.25, 0.3) is 10.9 Å². The number of nitrogens with one attached hydrogen (secondary N) is 2. The van der Waals surface area contributed by atoms with Gasteiger partial charge >= 0.3 is 0 Å². The molecule has 28 heavy (non-hydrogen) atoms. The van der Waals surface area contributed by atoms with Crippen LogP contribution in [0.2, 0.25) is 0 Å². The molecule has 0 aliphatic heterocycles. The van der Waals surface area contributed by atoms with Crippen LogP contribution in [-0.2, 0) is 0 Å². The van der Waals surface area contributed by atoms with E-state index in [1.54, 1.807) is 43.1 Å². The average Bonchev–Trinajstić information content (AvgIpc) is 3.27. The molecule has 0 spiro atoms. The minimum atomic E-state index is -0.0532. The van der Waals surface area contributed by atoms with Crippen LogP contribution in [0.4, 0.5) is 0 Å². The second kappa shape index (κ2) is 13.1. The third kappa shape index (κ3) is 8.77. The molecule has 5 aromatic rings. The van der Waals surface area contributed by atoms with Gasteiger partial charge in [0, 0.05) is 48.8 Å². The molecule has 0 radical (unpaired) electrons. The van der Waals surface area contributed by atoms with Crippen LogP contribution in [0.5, 0.6) is 0 Å². The van der Waals surface area contributed by atoms with E-state index in [0.717, 1.165) is 0 Å². The van der Waals surface area contributed by atoms with E-state index in [1.807, 2.05) is 18.3 Å². The van der Waals surface area contributed by atoms with Gasteiger partial charge in [-0.2, -0.15) is 0 Å². The van der Waals surface area contributed by atoms with Gasteiger partial charge in [0.05, 0.1) is 0 Å². The molecule has 0 atom stereocenters. The molecule has 0 amide bonds. The summed E-state index contributed by atoms with van der Waals surface area (Å²) in [4.78, 5) is 33.9. The Morgan fingerprint density at radius 2 is 1.18 bits per heavy atom. The maximum absolute atomic E-state index is 10.2. The lowest BCUT2D eigenvalue weighted by Crippen LogP contribution is -1.98. The molecule has 140 valence electrons. The van der Waals surface area contributed by atoms with Crippen molar-refractivity contribution in [3.05, 3.63) is 115 Å². The monoisotopic (exact) mass is 373 g/mol. The van der Waals surface area contributed by atoms with Crippen LogP contribution in [0.3, 0.4) is 0 Å². The molecular weight excluding hydrogens is 354 g/mol. The molecule has 5 rings (SSSR count). The number of hydrogen-bond donors (Lipinski definition) is 2. The first-order valence-electron chi connectivity index (χ1n) is 8.27. The van der Waals surface area contributed by atoms with E-state index in [0.29, 0.717) is 0 Å². The molecule has 0 saturated heterocycles. The Hall–Kier alpha value is -4.20. The molecule has 0 bridgehead atoms. The highest BCUT2D eigenvalue weighted by atomic mass is 16.1. The summed E-state index contributed by atoms with van der Waals surface area (Å²) in [5, 5.41) is 1.28. The number of aromatic amines is 2. The summed E-state index contributed by atoms with van der Waals surface area (Å²) in [7, 11) is 0. The van der Waals surface area contributed by atoms with E-state index >= 15 is 0 Å². The summed E-state index contributed by atoms with van der Waals surface area (Å²) < 4.78 is 0. The molecule has 0 unspecified atom stereocenters. The SMILES string of the molecule is O=c1cccc[nH]1.c1ccc2[nH]ccc2c1.c1cnccn1.c1ncncn1. The normalized spacial score (nSPS) is 8.86. The van der Waals surface area contributed by atoms with Gasteiger partial charge in [-0.15, -0.1) is 0 Å². The zero-order valence-electron chi connectivity index (χ0n) is 15.0. The van der Waals surface area contributed by atoms with Crippen molar-refractivity contribution >= 4 is 10.9 Å². The largest absolute Gasteiger partial charge is 0.361 e. The van der Waals surface area contributed by atoms with Gasteiger partial charge in [0.2, 0.25) is 5.56 Å². The van der Waals surface area contributed by atoms with Gasteiger partial charge in [0.15, 0.2) is 0 Å². The highest BCUT2D eigenvalue weighted by Gasteiger charge is 1.86. The Morgan fingerprint density at radius 1 is 0.571 bits per heavy atom. The molecule has 0 aliphatic carbocycles. The van der Waals surface area contributed by atoms with Crippen LogP contribution in [-0.4, -0.2) is 34.9 Å². The highest BCUT2D eigenvalue weighted by molar-refractivity contribution is 5.78. The van der Waals surface area contributed by atoms with Crippen molar-refractivity contribution in [3.63, 3.8) is 0 Å². The number of nitrogens with zero attached hydrogens (tertiary/aromatic N) is 5. The molecule has 8 nitrogen and oxygen atoms in total. The second-order valence-electron chi connectivity index (χ2n) is 4.98. The fraction of sp³-hybridized carbons (Fsp3) is 0. The van der Waals surface area contributed by atoms with Gasteiger partial charge in [-0.3, -0.25) is 14.8 Å². The second-order valence-corrected chi connectivity index (χ2v) is 4.98. The topological polar surface area (TPSA) is 113 Å².